The highest BCUT2D eigenvalue weighted by molar-refractivity contribution is 7.99. The van der Waals surface area contributed by atoms with Crippen molar-refractivity contribution in [3.63, 3.8) is 0 Å². The number of thioether (sulfide) groups is 1. The van der Waals surface area contributed by atoms with Crippen LogP contribution in [-0.2, 0) is 23.0 Å². The summed E-state index contributed by atoms with van der Waals surface area (Å²) in [5.41, 5.74) is 2.39. The standard InChI is InChI=1S/C21H26N4O3S3/c1-7-14-12(4)31-19(17(14)20(27)28-6)22-16(26)10-30-21-24-23-18(25(21)5)13-8-15(11(2)3)29-9-13/h8-9,11H,7,10H2,1-6H3,(H,22,26). The predicted octanol–water partition coefficient (Wildman–Crippen LogP) is 5.12. The van der Waals surface area contributed by atoms with Crippen molar-refractivity contribution in [2.75, 3.05) is 18.2 Å². The molecule has 0 aliphatic rings. The Morgan fingerprint density at radius 1 is 1.32 bits per heavy atom. The summed E-state index contributed by atoms with van der Waals surface area (Å²) in [6.45, 7) is 8.25. The van der Waals surface area contributed by atoms with Gasteiger partial charge < -0.3 is 14.6 Å². The minimum Gasteiger partial charge on any atom is -0.465 e. The second-order valence-corrected chi connectivity index (χ2v) is 10.4. The van der Waals surface area contributed by atoms with Gasteiger partial charge in [-0.1, -0.05) is 32.5 Å². The highest BCUT2D eigenvalue weighted by atomic mass is 32.2. The lowest BCUT2D eigenvalue weighted by molar-refractivity contribution is -0.113. The highest BCUT2D eigenvalue weighted by Gasteiger charge is 2.23. The fourth-order valence-electron chi connectivity index (χ4n) is 3.17. The average Bonchev–Trinajstić information content (AvgIpc) is 3.43. The molecular formula is C21H26N4O3S3. The lowest BCUT2D eigenvalue weighted by atomic mass is 10.1. The van der Waals surface area contributed by atoms with Crippen LogP contribution in [-0.4, -0.2) is 39.5 Å². The van der Waals surface area contributed by atoms with Crippen LogP contribution in [0.1, 0.15) is 52.4 Å². The zero-order valence-electron chi connectivity index (χ0n) is 18.4. The van der Waals surface area contributed by atoms with Crippen molar-refractivity contribution in [1.29, 1.82) is 0 Å². The van der Waals surface area contributed by atoms with Gasteiger partial charge in [-0.25, -0.2) is 4.79 Å². The van der Waals surface area contributed by atoms with Gasteiger partial charge in [-0.3, -0.25) is 4.79 Å². The van der Waals surface area contributed by atoms with E-state index >= 15 is 0 Å². The number of hydrogen-bond acceptors (Lipinski definition) is 8. The molecule has 10 heteroatoms. The van der Waals surface area contributed by atoms with E-state index in [1.54, 1.807) is 11.3 Å². The predicted molar refractivity (Wildman–Crippen MR) is 128 cm³/mol. The molecule has 3 rings (SSSR count). The number of anilines is 1. The summed E-state index contributed by atoms with van der Waals surface area (Å²) in [7, 11) is 3.24. The second kappa shape index (κ2) is 9.97. The SMILES string of the molecule is CCc1c(C)sc(NC(=O)CSc2nnc(-c3csc(C(C)C)c3)n2C)c1C(=O)OC. The fraction of sp³-hybridized carbons (Fsp3) is 0.429. The topological polar surface area (TPSA) is 86.1 Å². The molecule has 31 heavy (non-hydrogen) atoms. The number of amides is 1. The van der Waals surface area contributed by atoms with Crippen LogP contribution in [0, 0.1) is 6.92 Å². The monoisotopic (exact) mass is 478 g/mol. The minimum atomic E-state index is -0.432. The summed E-state index contributed by atoms with van der Waals surface area (Å²) in [6, 6.07) is 2.14. The lowest BCUT2D eigenvalue weighted by Crippen LogP contribution is -2.16. The normalized spacial score (nSPS) is 11.2. The molecular weight excluding hydrogens is 452 g/mol. The van der Waals surface area contributed by atoms with E-state index in [1.807, 2.05) is 25.5 Å². The number of esters is 1. The number of hydrogen-bond donors (Lipinski definition) is 1. The first kappa shape index (κ1) is 23.5. The maximum atomic E-state index is 12.6. The largest absolute Gasteiger partial charge is 0.465 e. The van der Waals surface area contributed by atoms with E-state index in [0.717, 1.165) is 21.8 Å². The number of methoxy groups -OCH3 is 1. The number of aryl methyl sites for hydroxylation is 1. The van der Waals surface area contributed by atoms with Gasteiger partial charge in [0.05, 0.1) is 18.4 Å². The van der Waals surface area contributed by atoms with E-state index in [9.17, 15) is 9.59 Å². The summed E-state index contributed by atoms with van der Waals surface area (Å²) in [5, 5.41) is 14.7. The van der Waals surface area contributed by atoms with Crippen LogP contribution in [0.4, 0.5) is 5.00 Å². The van der Waals surface area contributed by atoms with Gasteiger partial charge >= 0.3 is 5.97 Å². The van der Waals surface area contributed by atoms with E-state index in [0.29, 0.717) is 28.1 Å². The third-order valence-electron chi connectivity index (χ3n) is 4.82. The molecule has 0 aromatic carbocycles. The Balaban J connectivity index is 1.70. The Morgan fingerprint density at radius 2 is 2.06 bits per heavy atom. The zero-order valence-corrected chi connectivity index (χ0v) is 20.9. The summed E-state index contributed by atoms with van der Waals surface area (Å²) in [5.74, 6) is 0.764. The van der Waals surface area contributed by atoms with Gasteiger partial charge in [-0.2, -0.15) is 0 Å². The molecule has 3 heterocycles. The highest BCUT2D eigenvalue weighted by Crippen LogP contribution is 2.34. The Labute approximate surface area is 194 Å². The number of thiophene rings is 2. The third kappa shape index (κ3) is 5.02. The number of ether oxygens (including phenoxy) is 1. The van der Waals surface area contributed by atoms with E-state index in [4.69, 9.17) is 4.74 Å². The molecule has 1 amide bonds. The van der Waals surface area contributed by atoms with E-state index in [1.165, 1.54) is 35.1 Å². The van der Waals surface area contributed by atoms with Gasteiger partial charge in [0, 0.05) is 27.7 Å². The molecule has 0 bridgehead atoms. The van der Waals surface area contributed by atoms with Crippen LogP contribution in [0.3, 0.4) is 0 Å². The Kier molecular flexibility index (Phi) is 7.55. The van der Waals surface area contributed by atoms with Crippen molar-refractivity contribution in [1.82, 2.24) is 14.8 Å². The van der Waals surface area contributed by atoms with E-state index in [-0.39, 0.29) is 11.7 Å². The van der Waals surface area contributed by atoms with Gasteiger partial charge in [-0.05, 0) is 30.9 Å². The first-order valence-corrected chi connectivity index (χ1v) is 12.6. The number of rotatable bonds is 8. The van der Waals surface area contributed by atoms with Gasteiger partial charge in [0.1, 0.15) is 5.00 Å². The van der Waals surface area contributed by atoms with Gasteiger partial charge in [-0.15, -0.1) is 32.9 Å². The zero-order chi connectivity index (χ0) is 22.7. The number of nitrogens with zero attached hydrogens (tertiary/aromatic N) is 3. The summed E-state index contributed by atoms with van der Waals surface area (Å²) >= 11 is 4.41. The number of carbonyl (C=O) groups is 2. The molecule has 1 N–H and O–H groups in total. The minimum absolute atomic E-state index is 0.159. The van der Waals surface area contributed by atoms with Crippen LogP contribution < -0.4 is 5.32 Å². The molecule has 0 radical (unpaired) electrons. The molecule has 0 saturated carbocycles. The number of nitrogens with one attached hydrogen (secondary N) is 1. The van der Waals surface area contributed by atoms with Crippen molar-refractivity contribution in [2.45, 2.75) is 45.2 Å². The third-order valence-corrected chi connectivity index (χ3v) is 8.14. The summed E-state index contributed by atoms with van der Waals surface area (Å²) in [6.07, 6.45) is 0.695. The Bertz CT molecular complexity index is 1100. The quantitative estimate of drug-likeness (QED) is 0.357. The molecule has 0 aliphatic heterocycles. The molecule has 0 atom stereocenters. The van der Waals surface area contributed by atoms with Crippen molar-refractivity contribution >= 4 is 51.3 Å². The summed E-state index contributed by atoms with van der Waals surface area (Å²) in [4.78, 5) is 27.1. The fourth-order valence-corrected chi connectivity index (χ4v) is 5.93. The Morgan fingerprint density at radius 3 is 2.68 bits per heavy atom. The average molecular weight is 479 g/mol. The molecule has 3 aromatic rings. The number of carbonyl (C=O) groups excluding carboxylic acids is 2. The van der Waals surface area contributed by atoms with Crippen LogP contribution in [0.2, 0.25) is 0 Å². The van der Waals surface area contributed by atoms with E-state index in [2.05, 4.69) is 40.8 Å². The first-order chi connectivity index (χ1) is 14.8. The number of aromatic nitrogens is 3. The lowest BCUT2D eigenvalue weighted by Gasteiger charge is -2.07. The van der Waals surface area contributed by atoms with Gasteiger partial charge in [0.25, 0.3) is 0 Å². The van der Waals surface area contributed by atoms with Crippen LogP contribution in [0.25, 0.3) is 11.4 Å². The molecule has 7 nitrogen and oxygen atoms in total. The molecule has 0 unspecified atom stereocenters. The van der Waals surface area contributed by atoms with Crippen LogP contribution in [0.15, 0.2) is 16.6 Å². The maximum Gasteiger partial charge on any atom is 0.341 e. The van der Waals surface area contributed by atoms with Crippen LogP contribution >= 0.6 is 34.4 Å². The molecule has 0 spiro atoms. The smallest absolute Gasteiger partial charge is 0.341 e. The van der Waals surface area contributed by atoms with Crippen LogP contribution in [0.5, 0.6) is 0 Å². The van der Waals surface area contributed by atoms with Crippen molar-refractivity contribution < 1.29 is 14.3 Å². The van der Waals surface area contributed by atoms with Gasteiger partial charge in [0.2, 0.25) is 5.91 Å². The van der Waals surface area contributed by atoms with Crippen molar-refractivity contribution in [2.24, 2.45) is 7.05 Å². The molecule has 0 aliphatic carbocycles. The van der Waals surface area contributed by atoms with Crippen molar-refractivity contribution in [3.05, 3.63) is 32.3 Å². The molecule has 166 valence electrons. The second-order valence-electron chi connectivity index (χ2n) is 7.28. The molecule has 0 saturated heterocycles. The van der Waals surface area contributed by atoms with Gasteiger partial charge in [0.15, 0.2) is 11.0 Å². The molecule has 3 aromatic heterocycles. The Hall–Kier alpha value is -2.17. The first-order valence-electron chi connectivity index (χ1n) is 9.88. The maximum absolute atomic E-state index is 12.6. The van der Waals surface area contributed by atoms with E-state index < -0.39 is 5.97 Å². The summed E-state index contributed by atoms with van der Waals surface area (Å²) < 4.78 is 6.81. The van der Waals surface area contributed by atoms with Crippen molar-refractivity contribution in [3.8, 4) is 11.4 Å². The molecule has 0 fully saturated rings.